The molecule has 19 heavy (non-hydrogen) atoms. The lowest BCUT2D eigenvalue weighted by Gasteiger charge is -2.42. The molecule has 0 spiro atoms. The molecule has 1 aromatic rings. The molecule has 1 aromatic heterocycles. The molecule has 2 saturated heterocycles. The van der Waals surface area contributed by atoms with Crippen molar-refractivity contribution in [3.63, 3.8) is 0 Å². The molecule has 3 rings (SSSR count). The zero-order valence-electron chi connectivity index (χ0n) is 10.7. The Labute approximate surface area is 111 Å². The molecule has 2 aliphatic rings. The van der Waals surface area contributed by atoms with Gasteiger partial charge in [0.25, 0.3) is 0 Å². The lowest BCUT2D eigenvalue weighted by Crippen LogP contribution is -2.60. The Balaban J connectivity index is 1.46. The van der Waals surface area contributed by atoms with Crippen molar-refractivity contribution in [1.82, 2.24) is 14.8 Å². The second-order valence-corrected chi connectivity index (χ2v) is 4.71. The van der Waals surface area contributed by atoms with Crippen LogP contribution >= 0.6 is 0 Å². The predicted molar refractivity (Wildman–Crippen MR) is 68.0 cm³/mol. The summed E-state index contributed by atoms with van der Waals surface area (Å²) in [5.74, 6) is 0.804. The molecule has 0 N–H and O–H groups in total. The van der Waals surface area contributed by atoms with Gasteiger partial charge in [-0.05, 0) is 12.1 Å². The number of pyridine rings is 1. The lowest BCUT2D eigenvalue weighted by atomic mass is 10.2. The van der Waals surface area contributed by atoms with Crippen molar-refractivity contribution in [3.8, 4) is 5.75 Å². The minimum atomic E-state index is 0.0902. The van der Waals surface area contributed by atoms with Gasteiger partial charge in [-0.2, -0.15) is 0 Å². The summed E-state index contributed by atoms with van der Waals surface area (Å²) in [6.07, 6.45) is 3.49. The summed E-state index contributed by atoms with van der Waals surface area (Å²) in [5, 5.41) is 0. The van der Waals surface area contributed by atoms with Gasteiger partial charge in [0.1, 0.15) is 11.9 Å². The number of morpholine rings is 1. The molecule has 102 valence electrons. The third-order valence-electron chi connectivity index (χ3n) is 3.35. The topological polar surface area (TPSA) is 54.9 Å². The summed E-state index contributed by atoms with van der Waals surface area (Å²) in [5.41, 5.74) is 0. The Morgan fingerprint density at radius 1 is 1.21 bits per heavy atom. The first kappa shape index (κ1) is 12.2. The van der Waals surface area contributed by atoms with Crippen LogP contribution in [0.25, 0.3) is 0 Å². The monoisotopic (exact) mass is 263 g/mol. The van der Waals surface area contributed by atoms with Crippen LogP contribution in [0.15, 0.2) is 24.5 Å². The van der Waals surface area contributed by atoms with Crippen molar-refractivity contribution in [2.24, 2.45) is 0 Å². The zero-order chi connectivity index (χ0) is 13.1. The van der Waals surface area contributed by atoms with E-state index in [0.29, 0.717) is 39.4 Å². The van der Waals surface area contributed by atoms with E-state index in [4.69, 9.17) is 9.47 Å². The third-order valence-corrected chi connectivity index (χ3v) is 3.35. The standard InChI is InChI=1S/C13H17N3O3/c17-13(15-5-7-18-8-6-15)16-9-12(10-16)19-11-1-3-14-4-2-11/h1-4,12H,5-10H2. The highest BCUT2D eigenvalue weighted by atomic mass is 16.5. The van der Waals surface area contributed by atoms with Crippen molar-refractivity contribution in [2.45, 2.75) is 6.10 Å². The van der Waals surface area contributed by atoms with Crippen LogP contribution in [0.5, 0.6) is 5.75 Å². The van der Waals surface area contributed by atoms with Gasteiger partial charge in [0, 0.05) is 25.5 Å². The molecule has 0 radical (unpaired) electrons. The highest BCUT2D eigenvalue weighted by Gasteiger charge is 2.35. The maximum Gasteiger partial charge on any atom is 0.320 e. The van der Waals surface area contributed by atoms with Crippen LogP contribution in [-0.4, -0.2) is 66.3 Å². The normalized spacial score (nSPS) is 20.0. The number of ether oxygens (including phenoxy) is 2. The SMILES string of the molecule is O=C(N1CCOCC1)N1CC(Oc2ccncc2)C1. The van der Waals surface area contributed by atoms with Crippen molar-refractivity contribution in [3.05, 3.63) is 24.5 Å². The molecule has 0 aliphatic carbocycles. The van der Waals surface area contributed by atoms with Crippen LogP contribution in [0.4, 0.5) is 4.79 Å². The van der Waals surface area contributed by atoms with Crippen LogP contribution in [0.2, 0.25) is 0 Å². The van der Waals surface area contributed by atoms with Crippen molar-refractivity contribution in [2.75, 3.05) is 39.4 Å². The van der Waals surface area contributed by atoms with Crippen LogP contribution < -0.4 is 4.74 Å². The average Bonchev–Trinajstić information content (AvgIpc) is 2.44. The second-order valence-electron chi connectivity index (χ2n) is 4.71. The van der Waals surface area contributed by atoms with E-state index >= 15 is 0 Å². The number of hydrogen-bond acceptors (Lipinski definition) is 4. The Morgan fingerprint density at radius 2 is 1.89 bits per heavy atom. The Morgan fingerprint density at radius 3 is 2.58 bits per heavy atom. The number of urea groups is 1. The molecule has 2 amide bonds. The molecule has 0 saturated carbocycles. The van der Waals surface area contributed by atoms with Crippen molar-refractivity contribution in [1.29, 1.82) is 0 Å². The maximum absolute atomic E-state index is 12.1. The Hall–Kier alpha value is -1.82. The van der Waals surface area contributed by atoms with Gasteiger partial charge in [-0.3, -0.25) is 4.98 Å². The number of aromatic nitrogens is 1. The predicted octanol–water partition coefficient (Wildman–Crippen LogP) is 0.597. The van der Waals surface area contributed by atoms with E-state index in [0.717, 1.165) is 5.75 Å². The van der Waals surface area contributed by atoms with Crippen LogP contribution in [0.1, 0.15) is 0 Å². The van der Waals surface area contributed by atoms with Gasteiger partial charge in [-0.25, -0.2) is 4.79 Å². The fourth-order valence-corrected chi connectivity index (χ4v) is 2.23. The molecule has 3 heterocycles. The van der Waals surface area contributed by atoms with E-state index in [1.165, 1.54) is 0 Å². The molecule has 2 fully saturated rings. The Kier molecular flexibility index (Phi) is 3.50. The van der Waals surface area contributed by atoms with Gasteiger partial charge < -0.3 is 19.3 Å². The number of nitrogens with zero attached hydrogens (tertiary/aromatic N) is 3. The van der Waals surface area contributed by atoms with E-state index in [1.54, 1.807) is 12.4 Å². The molecule has 0 unspecified atom stereocenters. The number of carbonyl (C=O) groups excluding carboxylic acids is 1. The molecule has 0 bridgehead atoms. The molecule has 6 heteroatoms. The van der Waals surface area contributed by atoms with E-state index in [2.05, 4.69) is 4.98 Å². The second kappa shape index (κ2) is 5.44. The average molecular weight is 263 g/mol. The van der Waals surface area contributed by atoms with Gasteiger partial charge in [0.05, 0.1) is 26.3 Å². The quantitative estimate of drug-likeness (QED) is 0.784. The third kappa shape index (κ3) is 2.78. The molecule has 0 atom stereocenters. The summed E-state index contributed by atoms with van der Waals surface area (Å²) in [4.78, 5) is 19.7. The van der Waals surface area contributed by atoms with Crippen LogP contribution in [0.3, 0.4) is 0 Å². The summed E-state index contributed by atoms with van der Waals surface area (Å²) >= 11 is 0. The zero-order valence-corrected chi connectivity index (χ0v) is 10.7. The highest BCUT2D eigenvalue weighted by molar-refractivity contribution is 5.75. The molecular formula is C13H17N3O3. The fraction of sp³-hybridized carbons (Fsp3) is 0.538. The summed E-state index contributed by atoms with van der Waals surface area (Å²) < 4.78 is 11.0. The largest absolute Gasteiger partial charge is 0.487 e. The smallest absolute Gasteiger partial charge is 0.320 e. The first-order chi connectivity index (χ1) is 9.33. The van der Waals surface area contributed by atoms with Gasteiger partial charge >= 0.3 is 6.03 Å². The van der Waals surface area contributed by atoms with Gasteiger partial charge in [0.2, 0.25) is 0 Å². The summed E-state index contributed by atoms with van der Waals surface area (Å²) in [7, 11) is 0. The lowest BCUT2D eigenvalue weighted by molar-refractivity contribution is 0.00724. The summed E-state index contributed by atoms with van der Waals surface area (Å²) in [6, 6.07) is 3.75. The molecule has 6 nitrogen and oxygen atoms in total. The van der Waals surface area contributed by atoms with Gasteiger partial charge in [0.15, 0.2) is 0 Å². The minimum absolute atomic E-state index is 0.0902. The van der Waals surface area contributed by atoms with Crippen LogP contribution in [0, 0.1) is 0 Å². The maximum atomic E-state index is 12.1. The number of rotatable bonds is 2. The van der Waals surface area contributed by atoms with E-state index in [1.807, 2.05) is 21.9 Å². The first-order valence-electron chi connectivity index (χ1n) is 6.51. The van der Waals surface area contributed by atoms with E-state index in [-0.39, 0.29) is 12.1 Å². The Bertz CT molecular complexity index is 428. The highest BCUT2D eigenvalue weighted by Crippen LogP contribution is 2.18. The van der Waals surface area contributed by atoms with Gasteiger partial charge in [-0.15, -0.1) is 0 Å². The number of hydrogen-bond donors (Lipinski definition) is 0. The van der Waals surface area contributed by atoms with Crippen molar-refractivity contribution >= 4 is 6.03 Å². The van der Waals surface area contributed by atoms with E-state index in [9.17, 15) is 4.79 Å². The van der Waals surface area contributed by atoms with E-state index < -0.39 is 0 Å². The molecule has 2 aliphatic heterocycles. The fourth-order valence-electron chi connectivity index (χ4n) is 2.23. The minimum Gasteiger partial charge on any atom is -0.487 e. The number of amides is 2. The first-order valence-corrected chi connectivity index (χ1v) is 6.51. The molecular weight excluding hydrogens is 246 g/mol. The number of likely N-dealkylation sites (tertiary alicyclic amines) is 1. The van der Waals surface area contributed by atoms with Crippen molar-refractivity contribution < 1.29 is 14.3 Å². The number of carbonyl (C=O) groups is 1. The van der Waals surface area contributed by atoms with Gasteiger partial charge in [-0.1, -0.05) is 0 Å². The molecule has 0 aromatic carbocycles. The summed E-state index contributed by atoms with van der Waals surface area (Å²) in [6.45, 7) is 3.94. The van der Waals surface area contributed by atoms with Crippen LogP contribution in [-0.2, 0) is 4.74 Å².